The van der Waals surface area contributed by atoms with Crippen LogP contribution in [0.1, 0.15) is 11.1 Å². The van der Waals surface area contributed by atoms with E-state index in [9.17, 15) is 13.2 Å². The number of amides is 1. The Labute approximate surface area is 161 Å². The number of carbonyl (C=O) groups is 1. The van der Waals surface area contributed by atoms with Gasteiger partial charge in [0.05, 0.1) is 4.90 Å². The van der Waals surface area contributed by atoms with Crippen molar-refractivity contribution in [3.8, 4) is 0 Å². The second-order valence-corrected chi connectivity index (χ2v) is 8.72. The molecule has 0 radical (unpaired) electrons. The van der Waals surface area contributed by atoms with Crippen molar-refractivity contribution in [3.05, 3.63) is 59.7 Å². The first-order chi connectivity index (χ1) is 12.6. The van der Waals surface area contributed by atoms with Crippen LogP contribution >= 0.6 is 0 Å². The molecule has 0 saturated carbocycles. The van der Waals surface area contributed by atoms with Gasteiger partial charge in [0.2, 0.25) is 15.9 Å². The molecule has 0 aliphatic carbocycles. The Kier molecular flexibility index (Phi) is 6.41. The van der Waals surface area contributed by atoms with E-state index in [4.69, 9.17) is 0 Å². The molecule has 0 saturated heterocycles. The Morgan fingerprint density at radius 1 is 1.00 bits per heavy atom. The van der Waals surface area contributed by atoms with Gasteiger partial charge < -0.3 is 10.2 Å². The van der Waals surface area contributed by atoms with E-state index in [-0.39, 0.29) is 10.8 Å². The molecule has 1 N–H and O–H groups in total. The van der Waals surface area contributed by atoms with Gasteiger partial charge in [-0.2, -0.15) is 0 Å². The van der Waals surface area contributed by atoms with Crippen molar-refractivity contribution >= 4 is 33.4 Å². The van der Waals surface area contributed by atoms with Crippen molar-refractivity contribution in [2.75, 3.05) is 38.4 Å². The Morgan fingerprint density at radius 3 is 2.19 bits per heavy atom. The number of nitrogens with zero attached hydrogens (tertiary/aromatic N) is 2. The number of benzene rings is 2. The molecule has 0 aliphatic heterocycles. The zero-order valence-electron chi connectivity index (χ0n) is 16.2. The predicted octanol–water partition coefficient (Wildman–Crippen LogP) is 2.96. The minimum Gasteiger partial charge on any atom is -0.378 e. The van der Waals surface area contributed by atoms with Crippen molar-refractivity contribution in [2.45, 2.75) is 11.8 Å². The summed E-state index contributed by atoms with van der Waals surface area (Å²) >= 11 is 0. The molecule has 6 nitrogen and oxygen atoms in total. The quantitative estimate of drug-likeness (QED) is 0.774. The molecule has 0 fully saturated rings. The number of aryl methyl sites for hydroxylation is 1. The number of sulfonamides is 1. The van der Waals surface area contributed by atoms with Gasteiger partial charge in [-0.05, 0) is 48.4 Å². The fourth-order valence-electron chi connectivity index (χ4n) is 2.34. The van der Waals surface area contributed by atoms with E-state index in [1.807, 2.05) is 50.2 Å². The van der Waals surface area contributed by atoms with E-state index in [1.54, 1.807) is 12.1 Å². The van der Waals surface area contributed by atoms with Gasteiger partial charge in [-0.3, -0.25) is 4.79 Å². The van der Waals surface area contributed by atoms with Crippen LogP contribution in [-0.4, -0.2) is 46.8 Å². The molecule has 0 atom stereocenters. The van der Waals surface area contributed by atoms with Crippen molar-refractivity contribution < 1.29 is 13.2 Å². The highest BCUT2D eigenvalue weighted by molar-refractivity contribution is 7.89. The average molecular weight is 388 g/mol. The van der Waals surface area contributed by atoms with E-state index in [0.29, 0.717) is 5.69 Å². The van der Waals surface area contributed by atoms with Gasteiger partial charge in [-0.1, -0.05) is 18.2 Å². The van der Waals surface area contributed by atoms with Crippen LogP contribution in [0.2, 0.25) is 0 Å². The Bertz CT molecular complexity index is 947. The second kappa shape index (κ2) is 8.37. The topological polar surface area (TPSA) is 69.7 Å². The summed E-state index contributed by atoms with van der Waals surface area (Å²) in [4.78, 5) is 14.4. The van der Waals surface area contributed by atoms with Gasteiger partial charge >= 0.3 is 0 Å². The monoisotopic (exact) mass is 387 g/mol. The highest BCUT2D eigenvalue weighted by Gasteiger charge is 2.18. The van der Waals surface area contributed by atoms with Crippen molar-refractivity contribution in [1.82, 2.24) is 4.31 Å². The minimum absolute atomic E-state index is 0.136. The van der Waals surface area contributed by atoms with Gasteiger partial charge in [0, 0.05) is 45.6 Å². The van der Waals surface area contributed by atoms with E-state index in [2.05, 4.69) is 5.32 Å². The summed E-state index contributed by atoms with van der Waals surface area (Å²) in [6.45, 7) is 1.81. The second-order valence-electron chi connectivity index (χ2n) is 6.57. The zero-order chi connectivity index (χ0) is 20.2. The van der Waals surface area contributed by atoms with Crippen LogP contribution in [0, 0.1) is 6.92 Å². The largest absolute Gasteiger partial charge is 0.378 e. The van der Waals surface area contributed by atoms with E-state index in [0.717, 1.165) is 21.1 Å². The van der Waals surface area contributed by atoms with Gasteiger partial charge in [0.25, 0.3) is 0 Å². The highest BCUT2D eigenvalue weighted by atomic mass is 32.2. The summed E-state index contributed by atoms with van der Waals surface area (Å²) in [6.07, 6.45) is 3.14. The molecule has 0 unspecified atom stereocenters. The van der Waals surface area contributed by atoms with Crippen LogP contribution in [0.15, 0.2) is 53.4 Å². The number of carbonyl (C=O) groups excluding carboxylic acids is 1. The Balaban J connectivity index is 2.15. The molecule has 0 aliphatic rings. The van der Waals surface area contributed by atoms with Crippen LogP contribution in [0.4, 0.5) is 11.4 Å². The van der Waals surface area contributed by atoms with Crippen LogP contribution in [0.25, 0.3) is 6.08 Å². The molecule has 2 rings (SSSR count). The maximum atomic E-state index is 12.3. The van der Waals surface area contributed by atoms with Crippen molar-refractivity contribution in [1.29, 1.82) is 0 Å². The third-order valence-electron chi connectivity index (χ3n) is 4.08. The fraction of sp³-hybridized carbons (Fsp3) is 0.250. The van der Waals surface area contributed by atoms with E-state index >= 15 is 0 Å². The Hall–Kier alpha value is -2.64. The van der Waals surface area contributed by atoms with Crippen molar-refractivity contribution in [3.63, 3.8) is 0 Å². The molecular formula is C20H25N3O3S. The lowest BCUT2D eigenvalue weighted by Gasteiger charge is -2.14. The lowest BCUT2D eigenvalue weighted by atomic mass is 10.1. The molecule has 1 amide bonds. The molecule has 0 aromatic heterocycles. The van der Waals surface area contributed by atoms with Gasteiger partial charge in [-0.25, -0.2) is 12.7 Å². The molecular weight excluding hydrogens is 362 g/mol. The zero-order valence-corrected chi connectivity index (χ0v) is 17.0. The SMILES string of the molecule is Cc1ccc(S(=O)(=O)N(C)C)cc1NC(=O)/C=C/c1ccc(N(C)C)cc1. The summed E-state index contributed by atoms with van der Waals surface area (Å²) in [5, 5.41) is 2.74. The molecule has 0 heterocycles. The lowest BCUT2D eigenvalue weighted by Crippen LogP contribution is -2.22. The highest BCUT2D eigenvalue weighted by Crippen LogP contribution is 2.22. The molecule has 2 aromatic rings. The van der Waals surface area contributed by atoms with Crippen molar-refractivity contribution in [2.24, 2.45) is 0 Å². The number of rotatable bonds is 6. The van der Waals surface area contributed by atoms with E-state index in [1.165, 1.54) is 32.3 Å². The molecule has 2 aromatic carbocycles. The van der Waals surface area contributed by atoms with Gasteiger partial charge in [0.1, 0.15) is 0 Å². The van der Waals surface area contributed by atoms with Crippen LogP contribution in [-0.2, 0) is 14.8 Å². The molecule has 0 spiro atoms. The normalized spacial score (nSPS) is 11.8. The van der Waals surface area contributed by atoms with Crippen LogP contribution < -0.4 is 10.2 Å². The summed E-state index contributed by atoms with van der Waals surface area (Å²) in [5.74, 6) is -0.325. The number of anilines is 2. The predicted molar refractivity (Wildman–Crippen MR) is 110 cm³/mol. The summed E-state index contributed by atoms with van der Waals surface area (Å²) in [6, 6.07) is 12.5. The smallest absolute Gasteiger partial charge is 0.248 e. The molecule has 27 heavy (non-hydrogen) atoms. The summed E-state index contributed by atoms with van der Waals surface area (Å²) < 4.78 is 25.7. The third kappa shape index (κ3) is 5.18. The number of hydrogen-bond donors (Lipinski definition) is 1. The molecule has 0 bridgehead atoms. The maximum Gasteiger partial charge on any atom is 0.248 e. The first-order valence-corrected chi connectivity index (χ1v) is 9.85. The summed E-state index contributed by atoms with van der Waals surface area (Å²) in [7, 11) is 3.31. The maximum absolute atomic E-state index is 12.3. The summed E-state index contributed by atoms with van der Waals surface area (Å²) in [5.41, 5.74) is 3.22. The lowest BCUT2D eigenvalue weighted by molar-refractivity contribution is -0.111. The van der Waals surface area contributed by atoms with Crippen LogP contribution in [0.3, 0.4) is 0 Å². The van der Waals surface area contributed by atoms with Gasteiger partial charge in [0.15, 0.2) is 0 Å². The first-order valence-electron chi connectivity index (χ1n) is 8.41. The first kappa shape index (κ1) is 20.7. The average Bonchev–Trinajstić information content (AvgIpc) is 2.61. The standard InChI is InChI=1S/C20H25N3O3S/c1-15-6-12-18(27(25,26)23(4)5)14-19(15)21-20(24)13-9-16-7-10-17(11-8-16)22(2)3/h6-14H,1-5H3,(H,21,24)/b13-9+. The molecule has 7 heteroatoms. The van der Waals surface area contributed by atoms with Crippen LogP contribution in [0.5, 0.6) is 0 Å². The number of nitrogens with one attached hydrogen (secondary N) is 1. The fourth-order valence-corrected chi connectivity index (χ4v) is 3.27. The number of hydrogen-bond acceptors (Lipinski definition) is 4. The van der Waals surface area contributed by atoms with Gasteiger partial charge in [-0.15, -0.1) is 0 Å². The third-order valence-corrected chi connectivity index (χ3v) is 5.89. The Morgan fingerprint density at radius 2 is 1.63 bits per heavy atom. The minimum atomic E-state index is -3.56. The molecule has 144 valence electrons. The van der Waals surface area contributed by atoms with E-state index < -0.39 is 10.0 Å².